The van der Waals surface area contributed by atoms with Crippen LogP contribution in [-0.2, 0) is 9.84 Å². The maximum Gasteiger partial charge on any atom is 0.150 e. The zero-order chi connectivity index (χ0) is 13.3. The quantitative estimate of drug-likeness (QED) is 0.922. The first-order valence-corrected chi connectivity index (χ1v) is 8.33. The number of hydrogen-bond donors (Lipinski definition) is 1. The highest BCUT2D eigenvalue weighted by Gasteiger charge is 2.30. The summed E-state index contributed by atoms with van der Waals surface area (Å²) < 4.78 is 36.7. The highest BCUT2D eigenvalue weighted by atomic mass is 79.9. The summed E-state index contributed by atoms with van der Waals surface area (Å²) in [5.41, 5.74) is 0.216. The maximum absolute atomic E-state index is 13.8. The summed E-state index contributed by atoms with van der Waals surface area (Å²) in [6, 6.07) is 4.73. The molecule has 0 spiro atoms. The Bertz CT molecular complexity index is 544. The zero-order valence-corrected chi connectivity index (χ0v) is 12.0. The van der Waals surface area contributed by atoms with E-state index in [-0.39, 0.29) is 29.4 Å². The average Bonchev–Trinajstić information content (AvgIpc) is 2.62. The first-order valence-electron chi connectivity index (χ1n) is 5.71. The minimum absolute atomic E-state index is 0.0802. The SMILES string of the molecule is O=S1(=O)CCC(CC(O)c2cccc(Br)c2F)C1. The molecule has 1 aromatic rings. The lowest BCUT2D eigenvalue weighted by Crippen LogP contribution is -2.10. The average molecular weight is 337 g/mol. The minimum atomic E-state index is -2.96. The fraction of sp³-hybridized carbons (Fsp3) is 0.500. The molecule has 100 valence electrons. The number of benzene rings is 1. The Morgan fingerprint density at radius 1 is 1.50 bits per heavy atom. The van der Waals surface area contributed by atoms with Gasteiger partial charge < -0.3 is 5.11 Å². The molecule has 1 heterocycles. The van der Waals surface area contributed by atoms with Gasteiger partial charge in [0.15, 0.2) is 9.84 Å². The number of hydrogen-bond acceptors (Lipinski definition) is 3. The van der Waals surface area contributed by atoms with Gasteiger partial charge in [-0.15, -0.1) is 0 Å². The van der Waals surface area contributed by atoms with Crippen LogP contribution in [0.15, 0.2) is 22.7 Å². The predicted octanol–water partition coefficient (Wildman–Crippen LogP) is 2.45. The molecule has 3 nitrogen and oxygen atoms in total. The van der Waals surface area contributed by atoms with Crippen LogP contribution in [0.25, 0.3) is 0 Å². The summed E-state index contributed by atoms with van der Waals surface area (Å²) in [6.07, 6.45) is -0.123. The van der Waals surface area contributed by atoms with Crippen molar-refractivity contribution in [3.05, 3.63) is 34.1 Å². The molecule has 1 N–H and O–H groups in total. The number of sulfone groups is 1. The van der Waals surface area contributed by atoms with Crippen LogP contribution in [0.5, 0.6) is 0 Å². The van der Waals surface area contributed by atoms with Crippen LogP contribution in [0.3, 0.4) is 0 Å². The van der Waals surface area contributed by atoms with Gasteiger partial charge in [-0.25, -0.2) is 12.8 Å². The van der Waals surface area contributed by atoms with Crippen molar-refractivity contribution in [3.63, 3.8) is 0 Å². The van der Waals surface area contributed by atoms with Crippen LogP contribution in [0.1, 0.15) is 24.5 Å². The van der Waals surface area contributed by atoms with E-state index < -0.39 is 21.8 Å². The molecule has 0 bridgehead atoms. The molecule has 1 aliphatic rings. The Balaban J connectivity index is 2.09. The molecule has 0 radical (unpaired) electrons. The van der Waals surface area contributed by atoms with Gasteiger partial charge in [0.1, 0.15) is 5.82 Å². The molecule has 0 amide bonds. The Labute approximate surface area is 114 Å². The Hall–Kier alpha value is -0.460. The van der Waals surface area contributed by atoms with Crippen molar-refractivity contribution in [2.75, 3.05) is 11.5 Å². The molecule has 1 aliphatic heterocycles. The van der Waals surface area contributed by atoms with Gasteiger partial charge in [0.05, 0.1) is 22.1 Å². The zero-order valence-electron chi connectivity index (χ0n) is 9.64. The second kappa shape index (κ2) is 5.27. The smallest absolute Gasteiger partial charge is 0.150 e. The number of rotatable bonds is 3. The lowest BCUT2D eigenvalue weighted by molar-refractivity contribution is 0.144. The molecule has 2 rings (SSSR count). The second-order valence-corrected chi connectivity index (χ2v) is 7.75. The van der Waals surface area contributed by atoms with Crippen molar-refractivity contribution >= 4 is 25.8 Å². The summed E-state index contributed by atoms with van der Waals surface area (Å²) in [6.45, 7) is 0. The van der Waals surface area contributed by atoms with E-state index in [0.717, 1.165) is 0 Å². The van der Waals surface area contributed by atoms with Crippen molar-refractivity contribution in [2.45, 2.75) is 18.9 Å². The molecule has 0 aromatic heterocycles. The normalized spacial score (nSPS) is 24.1. The molecular weight excluding hydrogens is 323 g/mol. The van der Waals surface area contributed by atoms with E-state index in [0.29, 0.717) is 10.9 Å². The highest BCUT2D eigenvalue weighted by molar-refractivity contribution is 9.10. The third-order valence-electron chi connectivity index (χ3n) is 3.22. The summed E-state index contributed by atoms with van der Waals surface area (Å²) >= 11 is 3.06. The Kier molecular flexibility index (Phi) is 4.08. The third kappa shape index (κ3) is 3.10. The molecule has 6 heteroatoms. The van der Waals surface area contributed by atoms with Gasteiger partial charge in [-0.1, -0.05) is 12.1 Å². The molecule has 1 saturated heterocycles. The second-order valence-electron chi connectivity index (χ2n) is 4.66. The van der Waals surface area contributed by atoms with Gasteiger partial charge in [-0.05, 0) is 40.8 Å². The summed E-state index contributed by atoms with van der Waals surface area (Å²) in [4.78, 5) is 0. The number of aliphatic hydroxyl groups excluding tert-OH is 1. The van der Waals surface area contributed by atoms with Crippen LogP contribution in [0, 0.1) is 11.7 Å². The van der Waals surface area contributed by atoms with Gasteiger partial charge in [0, 0.05) is 5.56 Å². The van der Waals surface area contributed by atoms with Crippen LogP contribution in [0.2, 0.25) is 0 Å². The van der Waals surface area contributed by atoms with Gasteiger partial charge in [0.2, 0.25) is 0 Å². The first-order chi connectivity index (χ1) is 8.39. The molecule has 0 aliphatic carbocycles. The predicted molar refractivity (Wildman–Crippen MR) is 70.4 cm³/mol. The van der Waals surface area contributed by atoms with Gasteiger partial charge in [-0.3, -0.25) is 0 Å². The largest absolute Gasteiger partial charge is 0.388 e. The van der Waals surface area contributed by atoms with E-state index in [1.807, 2.05) is 0 Å². The molecule has 0 saturated carbocycles. The fourth-order valence-electron chi connectivity index (χ4n) is 2.28. The van der Waals surface area contributed by atoms with E-state index in [1.165, 1.54) is 6.07 Å². The molecule has 1 aromatic carbocycles. The summed E-state index contributed by atoms with van der Waals surface area (Å²) in [7, 11) is -2.96. The summed E-state index contributed by atoms with van der Waals surface area (Å²) in [5, 5.41) is 10.0. The van der Waals surface area contributed by atoms with Crippen LogP contribution >= 0.6 is 15.9 Å². The topological polar surface area (TPSA) is 54.4 Å². The fourth-order valence-corrected chi connectivity index (χ4v) is 4.54. The van der Waals surface area contributed by atoms with Gasteiger partial charge in [0.25, 0.3) is 0 Å². The lowest BCUT2D eigenvalue weighted by Gasteiger charge is -2.16. The molecule has 18 heavy (non-hydrogen) atoms. The standard InChI is InChI=1S/C12H14BrFO3S/c13-10-3-1-2-9(12(10)14)11(15)6-8-4-5-18(16,17)7-8/h1-3,8,11,15H,4-7H2. The van der Waals surface area contributed by atoms with E-state index in [1.54, 1.807) is 12.1 Å². The number of halogens is 2. The van der Waals surface area contributed by atoms with Crippen molar-refractivity contribution in [2.24, 2.45) is 5.92 Å². The van der Waals surface area contributed by atoms with Crippen molar-refractivity contribution in [1.29, 1.82) is 0 Å². The van der Waals surface area contributed by atoms with E-state index in [9.17, 15) is 17.9 Å². The Morgan fingerprint density at radius 2 is 2.22 bits per heavy atom. The van der Waals surface area contributed by atoms with Crippen molar-refractivity contribution < 1.29 is 17.9 Å². The number of aliphatic hydroxyl groups is 1. The van der Waals surface area contributed by atoms with Crippen molar-refractivity contribution in [3.8, 4) is 0 Å². The minimum Gasteiger partial charge on any atom is -0.388 e. The van der Waals surface area contributed by atoms with Gasteiger partial charge >= 0.3 is 0 Å². The van der Waals surface area contributed by atoms with Crippen LogP contribution in [0.4, 0.5) is 4.39 Å². The van der Waals surface area contributed by atoms with Crippen LogP contribution < -0.4 is 0 Å². The van der Waals surface area contributed by atoms with Crippen molar-refractivity contribution in [1.82, 2.24) is 0 Å². The first kappa shape index (κ1) is 14.0. The summed E-state index contributed by atoms with van der Waals surface area (Å²) in [5.74, 6) is -0.292. The molecule has 2 atom stereocenters. The third-order valence-corrected chi connectivity index (χ3v) is 5.67. The van der Waals surface area contributed by atoms with E-state index in [4.69, 9.17) is 0 Å². The van der Waals surface area contributed by atoms with E-state index in [2.05, 4.69) is 15.9 Å². The highest BCUT2D eigenvalue weighted by Crippen LogP contribution is 2.31. The molecule has 2 unspecified atom stereocenters. The monoisotopic (exact) mass is 336 g/mol. The van der Waals surface area contributed by atoms with Gasteiger partial charge in [-0.2, -0.15) is 0 Å². The van der Waals surface area contributed by atoms with Crippen LogP contribution in [-0.4, -0.2) is 25.0 Å². The Morgan fingerprint density at radius 3 is 2.83 bits per heavy atom. The molecular formula is C12H14BrFO3S. The lowest BCUT2D eigenvalue weighted by atomic mass is 9.96. The molecule has 1 fully saturated rings. The maximum atomic E-state index is 13.8. The van der Waals surface area contributed by atoms with E-state index >= 15 is 0 Å².